The van der Waals surface area contributed by atoms with Crippen LogP contribution < -0.4 is 16.4 Å². The second-order valence-electron chi connectivity index (χ2n) is 4.31. The Morgan fingerprint density at radius 3 is 2.05 bits per heavy atom. The summed E-state index contributed by atoms with van der Waals surface area (Å²) < 4.78 is 0. The van der Waals surface area contributed by atoms with Crippen LogP contribution in [-0.4, -0.2) is 63.7 Å². The maximum Gasteiger partial charge on any atom is 0.326 e. The van der Waals surface area contributed by atoms with E-state index in [-0.39, 0.29) is 6.42 Å². The molecule has 0 aliphatic carbocycles. The van der Waals surface area contributed by atoms with Crippen molar-refractivity contribution >= 4 is 29.7 Å². The summed E-state index contributed by atoms with van der Waals surface area (Å²) in [5.41, 5.74) is 5.25. The Hall–Kier alpha value is -2.69. The van der Waals surface area contributed by atoms with Crippen molar-refractivity contribution in [1.29, 1.82) is 0 Å². The Bertz CT molecular complexity index is 464. The Morgan fingerprint density at radius 1 is 1.00 bits per heavy atom. The minimum Gasteiger partial charge on any atom is -0.481 e. The van der Waals surface area contributed by atoms with Gasteiger partial charge in [0.1, 0.15) is 6.04 Å². The van der Waals surface area contributed by atoms with Crippen molar-refractivity contribution in [3.05, 3.63) is 0 Å². The molecule has 0 saturated heterocycles. The SMILES string of the molecule is NC(CC(=O)O)C(=O)NCC(=O)NC(CCC(=O)O)C(=O)O. The van der Waals surface area contributed by atoms with Gasteiger partial charge in [-0.05, 0) is 6.42 Å². The lowest BCUT2D eigenvalue weighted by Crippen LogP contribution is -2.49. The molecule has 2 atom stereocenters. The van der Waals surface area contributed by atoms with Gasteiger partial charge in [0.15, 0.2) is 0 Å². The van der Waals surface area contributed by atoms with Crippen LogP contribution in [0.5, 0.6) is 0 Å². The number of hydrogen-bond donors (Lipinski definition) is 6. The Labute approximate surface area is 124 Å². The Kier molecular flexibility index (Phi) is 8.15. The summed E-state index contributed by atoms with van der Waals surface area (Å²) in [6, 6.07) is -2.75. The molecule has 0 aromatic rings. The molecule has 124 valence electrons. The maximum atomic E-state index is 11.5. The van der Waals surface area contributed by atoms with Crippen LogP contribution in [0.25, 0.3) is 0 Å². The molecule has 0 bridgehead atoms. The Morgan fingerprint density at radius 2 is 1.59 bits per heavy atom. The van der Waals surface area contributed by atoms with Gasteiger partial charge < -0.3 is 31.7 Å². The maximum absolute atomic E-state index is 11.5. The van der Waals surface area contributed by atoms with Crippen LogP contribution >= 0.6 is 0 Å². The van der Waals surface area contributed by atoms with E-state index in [9.17, 15) is 24.0 Å². The van der Waals surface area contributed by atoms with Crippen LogP contribution in [0.1, 0.15) is 19.3 Å². The fourth-order valence-electron chi connectivity index (χ4n) is 1.35. The number of carbonyl (C=O) groups is 5. The highest BCUT2D eigenvalue weighted by molar-refractivity contribution is 5.91. The zero-order chi connectivity index (χ0) is 17.3. The first-order valence-electron chi connectivity index (χ1n) is 6.12. The minimum atomic E-state index is -1.41. The summed E-state index contributed by atoms with van der Waals surface area (Å²) in [4.78, 5) is 54.4. The molecule has 0 fully saturated rings. The molecule has 11 heteroatoms. The smallest absolute Gasteiger partial charge is 0.326 e. The van der Waals surface area contributed by atoms with Gasteiger partial charge in [0.2, 0.25) is 11.8 Å². The van der Waals surface area contributed by atoms with Crippen LogP contribution in [0.4, 0.5) is 0 Å². The summed E-state index contributed by atoms with van der Waals surface area (Å²) in [5, 5.41) is 29.8. The molecule has 2 unspecified atom stereocenters. The van der Waals surface area contributed by atoms with Gasteiger partial charge in [-0.2, -0.15) is 0 Å². The molecule has 22 heavy (non-hydrogen) atoms. The fourth-order valence-corrected chi connectivity index (χ4v) is 1.35. The number of amides is 2. The van der Waals surface area contributed by atoms with E-state index in [1.807, 2.05) is 10.6 Å². The van der Waals surface area contributed by atoms with Gasteiger partial charge in [0.25, 0.3) is 0 Å². The summed E-state index contributed by atoms with van der Waals surface area (Å²) in [6.07, 6.45) is -1.39. The standard InChI is InChI=1S/C11H17N3O8/c12-5(3-9(18)19)10(20)13-4-7(15)14-6(11(21)22)1-2-8(16)17/h5-6H,1-4,12H2,(H,13,20)(H,14,15)(H,16,17)(H,18,19)(H,21,22). The Balaban J connectivity index is 4.29. The van der Waals surface area contributed by atoms with Gasteiger partial charge in [-0.3, -0.25) is 19.2 Å². The molecule has 0 aromatic heterocycles. The first-order chi connectivity index (χ1) is 10.1. The number of nitrogens with two attached hydrogens (primary N) is 1. The summed E-state index contributed by atoms with van der Waals surface area (Å²) in [7, 11) is 0. The van der Waals surface area contributed by atoms with E-state index in [1.54, 1.807) is 0 Å². The monoisotopic (exact) mass is 319 g/mol. The first kappa shape index (κ1) is 19.3. The second-order valence-corrected chi connectivity index (χ2v) is 4.31. The highest BCUT2D eigenvalue weighted by atomic mass is 16.4. The van der Waals surface area contributed by atoms with Gasteiger partial charge in [-0.25, -0.2) is 4.79 Å². The predicted octanol–water partition coefficient (Wildman–Crippen LogP) is -2.66. The van der Waals surface area contributed by atoms with Gasteiger partial charge in [-0.1, -0.05) is 0 Å². The van der Waals surface area contributed by atoms with Crippen LogP contribution in [0.2, 0.25) is 0 Å². The van der Waals surface area contributed by atoms with Crippen LogP contribution in [0.15, 0.2) is 0 Å². The van der Waals surface area contributed by atoms with Crippen molar-refractivity contribution in [1.82, 2.24) is 10.6 Å². The second kappa shape index (κ2) is 9.28. The van der Waals surface area contributed by atoms with E-state index in [4.69, 9.17) is 21.1 Å². The van der Waals surface area contributed by atoms with Crippen molar-refractivity contribution in [3.8, 4) is 0 Å². The topological polar surface area (TPSA) is 196 Å². The fraction of sp³-hybridized carbons (Fsp3) is 0.545. The number of carboxylic acids is 3. The highest BCUT2D eigenvalue weighted by Crippen LogP contribution is 1.98. The lowest BCUT2D eigenvalue weighted by Gasteiger charge is -2.14. The van der Waals surface area contributed by atoms with E-state index in [2.05, 4.69) is 0 Å². The number of aliphatic carboxylic acids is 3. The zero-order valence-electron chi connectivity index (χ0n) is 11.4. The van der Waals surface area contributed by atoms with Crippen molar-refractivity contribution in [2.24, 2.45) is 5.73 Å². The summed E-state index contributed by atoms with van der Waals surface area (Å²) in [6.45, 7) is -0.608. The van der Waals surface area contributed by atoms with Crippen LogP contribution in [0.3, 0.4) is 0 Å². The third kappa shape index (κ3) is 8.47. The minimum absolute atomic E-state index is 0.317. The number of hydrogen-bond acceptors (Lipinski definition) is 6. The molecule has 0 aliphatic rings. The van der Waals surface area contributed by atoms with Crippen molar-refractivity contribution in [2.75, 3.05) is 6.54 Å². The van der Waals surface area contributed by atoms with E-state index in [0.29, 0.717) is 0 Å². The number of nitrogens with one attached hydrogen (secondary N) is 2. The largest absolute Gasteiger partial charge is 0.481 e. The van der Waals surface area contributed by atoms with Gasteiger partial charge in [-0.15, -0.1) is 0 Å². The van der Waals surface area contributed by atoms with E-state index >= 15 is 0 Å². The molecule has 2 amide bonds. The highest BCUT2D eigenvalue weighted by Gasteiger charge is 2.22. The van der Waals surface area contributed by atoms with Crippen molar-refractivity contribution < 1.29 is 39.3 Å². The quantitative estimate of drug-likeness (QED) is 0.249. The summed E-state index contributed by atoms with van der Waals surface area (Å²) >= 11 is 0. The lowest BCUT2D eigenvalue weighted by atomic mass is 10.1. The predicted molar refractivity (Wildman–Crippen MR) is 69.7 cm³/mol. The lowest BCUT2D eigenvalue weighted by molar-refractivity contribution is -0.143. The van der Waals surface area contributed by atoms with Crippen molar-refractivity contribution in [2.45, 2.75) is 31.3 Å². The number of carboxylic acid groups (broad SMARTS) is 3. The molecule has 11 nitrogen and oxygen atoms in total. The van der Waals surface area contributed by atoms with Crippen LogP contribution in [-0.2, 0) is 24.0 Å². The molecule has 0 aromatic carbocycles. The first-order valence-corrected chi connectivity index (χ1v) is 6.12. The molecule has 0 radical (unpaired) electrons. The molecule has 0 heterocycles. The molecule has 0 saturated carbocycles. The molecule has 0 rings (SSSR count). The zero-order valence-corrected chi connectivity index (χ0v) is 11.4. The molecule has 7 N–H and O–H groups in total. The van der Waals surface area contributed by atoms with E-state index in [1.165, 1.54) is 0 Å². The van der Waals surface area contributed by atoms with Gasteiger partial charge in [0, 0.05) is 6.42 Å². The van der Waals surface area contributed by atoms with Gasteiger partial charge in [0.05, 0.1) is 19.0 Å². The molecule has 0 spiro atoms. The number of rotatable bonds is 10. The van der Waals surface area contributed by atoms with E-state index < -0.39 is 61.2 Å². The summed E-state index contributed by atoms with van der Waals surface area (Å²) in [5.74, 6) is -5.66. The average molecular weight is 319 g/mol. The molecular formula is C11H17N3O8. The normalized spacial score (nSPS) is 12.8. The average Bonchev–Trinajstić information content (AvgIpc) is 2.39. The third-order valence-electron chi connectivity index (χ3n) is 2.43. The molecule has 0 aliphatic heterocycles. The van der Waals surface area contributed by atoms with Gasteiger partial charge >= 0.3 is 17.9 Å². The van der Waals surface area contributed by atoms with E-state index in [0.717, 1.165) is 0 Å². The number of carbonyl (C=O) groups excluding carboxylic acids is 2. The third-order valence-corrected chi connectivity index (χ3v) is 2.43. The molecular weight excluding hydrogens is 302 g/mol. The van der Waals surface area contributed by atoms with Crippen LogP contribution in [0, 0.1) is 0 Å². The van der Waals surface area contributed by atoms with Crippen molar-refractivity contribution in [3.63, 3.8) is 0 Å².